The largest absolute Gasteiger partial charge is 0.376 e. The van der Waals surface area contributed by atoms with E-state index in [-0.39, 0.29) is 11.9 Å². The molecule has 1 aromatic rings. The maximum atomic E-state index is 12.3. The summed E-state index contributed by atoms with van der Waals surface area (Å²) in [6.07, 6.45) is 3.20. The number of anilines is 2. The quantitative estimate of drug-likeness (QED) is 0.898. The van der Waals surface area contributed by atoms with Gasteiger partial charge in [-0.1, -0.05) is 24.9 Å². The fourth-order valence-corrected chi connectivity index (χ4v) is 3.09. The van der Waals surface area contributed by atoms with Gasteiger partial charge in [0.1, 0.15) is 0 Å². The summed E-state index contributed by atoms with van der Waals surface area (Å²) in [5.74, 6) is 0.670. The molecule has 1 aliphatic heterocycles. The molecule has 2 unspecified atom stereocenters. The minimum Gasteiger partial charge on any atom is -0.376 e. The van der Waals surface area contributed by atoms with E-state index in [0.29, 0.717) is 10.9 Å². The summed E-state index contributed by atoms with van der Waals surface area (Å²) >= 11 is 6.23. The first-order valence-electron chi connectivity index (χ1n) is 7.52. The molecule has 1 saturated heterocycles. The number of nitrogens with zero attached hydrogens (tertiary/aromatic N) is 1. The zero-order valence-electron chi connectivity index (χ0n) is 12.9. The third-order valence-electron chi connectivity index (χ3n) is 4.10. The van der Waals surface area contributed by atoms with E-state index in [0.717, 1.165) is 37.2 Å². The van der Waals surface area contributed by atoms with Gasteiger partial charge in [0.2, 0.25) is 5.91 Å². The minimum atomic E-state index is -0.101. The van der Waals surface area contributed by atoms with Gasteiger partial charge in [-0.15, -0.1) is 0 Å². The van der Waals surface area contributed by atoms with Gasteiger partial charge in [-0.25, -0.2) is 0 Å². The van der Waals surface area contributed by atoms with E-state index < -0.39 is 0 Å². The SMILES string of the molecule is CCC1CCNC(C(=O)Nc2ccc(N(C)C)c(Cl)c2)C1. The van der Waals surface area contributed by atoms with E-state index in [1.165, 1.54) is 0 Å². The van der Waals surface area contributed by atoms with Gasteiger partial charge >= 0.3 is 0 Å². The van der Waals surface area contributed by atoms with E-state index in [4.69, 9.17) is 11.6 Å². The number of amides is 1. The lowest BCUT2D eigenvalue weighted by Gasteiger charge is -2.28. The lowest BCUT2D eigenvalue weighted by atomic mass is 9.90. The van der Waals surface area contributed by atoms with E-state index in [2.05, 4.69) is 17.6 Å². The predicted octanol–water partition coefficient (Wildman–Crippen LogP) is 3.12. The molecule has 0 spiro atoms. The van der Waals surface area contributed by atoms with Crippen molar-refractivity contribution in [2.75, 3.05) is 30.9 Å². The molecule has 1 aliphatic rings. The molecule has 0 bridgehead atoms. The van der Waals surface area contributed by atoms with Crippen molar-refractivity contribution >= 4 is 28.9 Å². The molecule has 0 saturated carbocycles. The Labute approximate surface area is 131 Å². The Morgan fingerprint density at radius 2 is 2.24 bits per heavy atom. The molecule has 0 aromatic heterocycles. The summed E-state index contributed by atoms with van der Waals surface area (Å²) in [5, 5.41) is 6.89. The van der Waals surface area contributed by atoms with Gasteiger partial charge in [0.15, 0.2) is 0 Å². The highest BCUT2D eigenvalue weighted by Crippen LogP contribution is 2.28. The Hall–Kier alpha value is -1.26. The Morgan fingerprint density at radius 3 is 2.86 bits per heavy atom. The van der Waals surface area contributed by atoms with Crippen molar-refractivity contribution in [3.05, 3.63) is 23.2 Å². The lowest BCUT2D eigenvalue weighted by Crippen LogP contribution is -2.46. The average Bonchev–Trinajstić information content (AvgIpc) is 2.47. The molecule has 1 aromatic carbocycles. The van der Waals surface area contributed by atoms with Gasteiger partial charge in [0, 0.05) is 19.8 Å². The van der Waals surface area contributed by atoms with Crippen LogP contribution in [0.5, 0.6) is 0 Å². The van der Waals surface area contributed by atoms with Crippen molar-refractivity contribution < 1.29 is 4.79 Å². The van der Waals surface area contributed by atoms with Crippen molar-refractivity contribution in [2.24, 2.45) is 5.92 Å². The Balaban J connectivity index is 2.01. The number of hydrogen-bond acceptors (Lipinski definition) is 3. The lowest BCUT2D eigenvalue weighted by molar-refractivity contribution is -0.119. The molecule has 0 aliphatic carbocycles. The number of halogens is 1. The topological polar surface area (TPSA) is 44.4 Å². The van der Waals surface area contributed by atoms with Crippen LogP contribution in [0.4, 0.5) is 11.4 Å². The molecule has 2 atom stereocenters. The molecule has 4 nitrogen and oxygen atoms in total. The van der Waals surface area contributed by atoms with Crippen LogP contribution in [-0.4, -0.2) is 32.6 Å². The van der Waals surface area contributed by atoms with Gasteiger partial charge in [-0.2, -0.15) is 0 Å². The third kappa shape index (κ3) is 4.11. The molecule has 1 heterocycles. The van der Waals surface area contributed by atoms with Crippen LogP contribution in [0.1, 0.15) is 26.2 Å². The second-order valence-corrected chi connectivity index (χ2v) is 6.26. The van der Waals surface area contributed by atoms with Gasteiger partial charge in [-0.3, -0.25) is 4.79 Å². The minimum absolute atomic E-state index is 0.0295. The first-order valence-corrected chi connectivity index (χ1v) is 7.90. The van der Waals surface area contributed by atoms with Crippen LogP contribution in [0.25, 0.3) is 0 Å². The normalized spacial score (nSPS) is 21.9. The smallest absolute Gasteiger partial charge is 0.241 e. The van der Waals surface area contributed by atoms with E-state index in [9.17, 15) is 4.79 Å². The second-order valence-electron chi connectivity index (χ2n) is 5.86. The second kappa shape index (κ2) is 7.14. The molecule has 2 N–H and O–H groups in total. The molecule has 1 fully saturated rings. The molecule has 21 heavy (non-hydrogen) atoms. The van der Waals surface area contributed by atoms with Crippen LogP contribution >= 0.6 is 11.6 Å². The molecular formula is C16H24ClN3O. The maximum absolute atomic E-state index is 12.3. The molecule has 5 heteroatoms. The number of carbonyl (C=O) groups is 1. The summed E-state index contributed by atoms with van der Waals surface area (Å²) in [7, 11) is 3.88. The monoisotopic (exact) mass is 309 g/mol. The van der Waals surface area contributed by atoms with E-state index in [1.54, 1.807) is 6.07 Å². The van der Waals surface area contributed by atoms with E-state index >= 15 is 0 Å². The third-order valence-corrected chi connectivity index (χ3v) is 4.41. The predicted molar refractivity (Wildman–Crippen MR) is 89.2 cm³/mol. The molecule has 0 radical (unpaired) electrons. The van der Waals surface area contributed by atoms with Crippen LogP contribution < -0.4 is 15.5 Å². The van der Waals surface area contributed by atoms with Gasteiger partial charge in [0.25, 0.3) is 0 Å². The zero-order valence-corrected chi connectivity index (χ0v) is 13.7. The summed E-state index contributed by atoms with van der Waals surface area (Å²) in [6, 6.07) is 5.51. The highest BCUT2D eigenvalue weighted by atomic mass is 35.5. The fraction of sp³-hybridized carbons (Fsp3) is 0.562. The standard InChI is InChI=1S/C16H24ClN3O/c1-4-11-7-8-18-14(9-11)16(21)19-12-5-6-15(20(2)3)13(17)10-12/h5-6,10-11,14,18H,4,7-9H2,1-3H3,(H,19,21). The summed E-state index contributed by atoms with van der Waals surface area (Å²) in [5.41, 5.74) is 1.69. The van der Waals surface area contributed by atoms with Crippen LogP contribution in [0, 0.1) is 5.92 Å². The van der Waals surface area contributed by atoms with Crippen molar-refractivity contribution in [3.8, 4) is 0 Å². The Morgan fingerprint density at radius 1 is 1.48 bits per heavy atom. The van der Waals surface area contributed by atoms with Crippen LogP contribution in [0.3, 0.4) is 0 Å². The number of rotatable bonds is 4. The number of piperidine rings is 1. The van der Waals surface area contributed by atoms with Gasteiger partial charge in [0.05, 0.1) is 16.8 Å². The molecule has 1 amide bonds. The molecular weight excluding hydrogens is 286 g/mol. The highest BCUT2D eigenvalue weighted by molar-refractivity contribution is 6.33. The number of carbonyl (C=O) groups excluding carboxylic acids is 1. The number of benzene rings is 1. The molecule has 116 valence electrons. The first-order chi connectivity index (χ1) is 10.0. The van der Waals surface area contributed by atoms with Crippen molar-refractivity contribution in [1.29, 1.82) is 0 Å². The number of hydrogen-bond donors (Lipinski definition) is 2. The first kappa shape index (κ1) is 16.1. The van der Waals surface area contributed by atoms with Crippen molar-refractivity contribution in [3.63, 3.8) is 0 Å². The average molecular weight is 310 g/mol. The molecule has 2 rings (SSSR count). The summed E-state index contributed by atoms with van der Waals surface area (Å²) < 4.78 is 0. The van der Waals surface area contributed by atoms with Crippen LogP contribution in [-0.2, 0) is 4.79 Å². The van der Waals surface area contributed by atoms with Crippen LogP contribution in [0.2, 0.25) is 5.02 Å². The summed E-state index contributed by atoms with van der Waals surface area (Å²) in [4.78, 5) is 14.3. The van der Waals surface area contributed by atoms with Crippen molar-refractivity contribution in [1.82, 2.24) is 5.32 Å². The highest BCUT2D eigenvalue weighted by Gasteiger charge is 2.25. The van der Waals surface area contributed by atoms with Gasteiger partial charge < -0.3 is 15.5 Å². The van der Waals surface area contributed by atoms with E-state index in [1.807, 2.05) is 31.1 Å². The van der Waals surface area contributed by atoms with Crippen molar-refractivity contribution in [2.45, 2.75) is 32.2 Å². The van der Waals surface area contributed by atoms with Crippen LogP contribution in [0.15, 0.2) is 18.2 Å². The fourth-order valence-electron chi connectivity index (χ4n) is 2.74. The van der Waals surface area contributed by atoms with Gasteiger partial charge in [-0.05, 0) is 43.5 Å². The maximum Gasteiger partial charge on any atom is 0.241 e. The summed E-state index contributed by atoms with van der Waals surface area (Å²) in [6.45, 7) is 3.10. The Bertz CT molecular complexity index is 504. The zero-order chi connectivity index (χ0) is 15.4. The Kier molecular flexibility index (Phi) is 5.48. The number of nitrogens with one attached hydrogen (secondary N) is 2.